The minimum absolute atomic E-state index is 0.147. The van der Waals surface area contributed by atoms with Crippen molar-refractivity contribution in [2.75, 3.05) is 24.5 Å². The number of aromatic nitrogens is 3. The fraction of sp³-hybridized carbons (Fsp3) is 0.375. The van der Waals surface area contributed by atoms with Gasteiger partial charge in [0.2, 0.25) is 0 Å². The molecule has 2 aromatic heterocycles. The van der Waals surface area contributed by atoms with Crippen LogP contribution >= 0.6 is 0 Å². The Balaban J connectivity index is 0.00000126. The largest absolute Gasteiger partial charge is 0.380 e. The first kappa shape index (κ1) is 22.7. The lowest BCUT2D eigenvalue weighted by Gasteiger charge is -2.41. The zero-order valence-corrected chi connectivity index (χ0v) is 18.1. The van der Waals surface area contributed by atoms with Crippen LogP contribution in [0.5, 0.6) is 0 Å². The summed E-state index contributed by atoms with van der Waals surface area (Å²) in [6.45, 7) is 1.43. The lowest BCUT2D eigenvalue weighted by Crippen LogP contribution is -2.55. The van der Waals surface area contributed by atoms with Crippen molar-refractivity contribution in [3.8, 4) is 12.8 Å². The predicted molar refractivity (Wildman–Crippen MR) is 119 cm³/mol. The van der Waals surface area contributed by atoms with E-state index < -0.39 is 11.4 Å². The van der Waals surface area contributed by atoms with Crippen molar-refractivity contribution in [3.05, 3.63) is 59.9 Å². The van der Waals surface area contributed by atoms with Crippen LogP contribution in [0.25, 0.3) is 5.65 Å². The van der Waals surface area contributed by atoms with Gasteiger partial charge in [0.05, 0.1) is 12.2 Å². The molecular weight excluding hydrogens is 428 g/mol. The van der Waals surface area contributed by atoms with Gasteiger partial charge in [-0.25, -0.2) is 13.8 Å². The molecule has 2 aliphatic heterocycles. The van der Waals surface area contributed by atoms with Crippen LogP contribution in [0.15, 0.2) is 42.7 Å². The summed E-state index contributed by atoms with van der Waals surface area (Å²) in [6.07, 6.45) is 12.8. The highest BCUT2D eigenvalue weighted by atomic mass is 19.1. The van der Waals surface area contributed by atoms with Crippen LogP contribution in [-0.2, 0) is 4.79 Å². The van der Waals surface area contributed by atoms with E-state index in [2.05, 4.69) is 22.9 Å². The topological polar surface area (TPSA) is 74.0 Å². The van der Waals surface area contributed by atoms with Crippen LogP contribution in [0.2, 0.25) is 0 Å². The molecule has 2 fully saturated rings. The molecule has 1 atom stereocenters. The third kappa shape index (κ3) is 4.14. The van der Waals surface area contributed by atoms with Gasteiger partial charge < -0.3 is 14.9 Å². The molecule has 0 bridgehead atoms. The number of halogens is 2. The number of likely N-dealkylation sites (tertiary alicyclic amines) is 1. The van der Waals surface area contributed by atoms with Gasteiger partial charge in [0.15, 0.2) is 11.5 Å². The second-order valence-electron chi connectivity index (χ2n) is 8.26. The second-order valence-corrected chi connectivity index (χ2v) is 8.26. The molecule has 2 saturated heterocycles. The van der Waals surface area contributed by atoms with E-state index >= 15 is 0 Å². The number of hydrogen-bond acceptors (Lipinski definition) is 5. The van der Waals surface area contributed by atoms with Gasteiger partial charge in [-0.05, 0) is 36.6 Å². The molecule has 1 aromatic carbocycles. The maximum Gasteiger partial charge on any atom is 0.255 e. The number of anilines is 1. The number of carbonyl (C=O) groups excluding carboxylic acids is 1. The molecule has 2 aliphatic rings. The number of carbonyl (C=O) groups is 1. The number of hydrogen-bond donors (Lipinski definition) is 1. The molecule has 172 valence electrons. The quantitative estimate of drug-likeness (QED) is 0.618. The number of rotatable bonds is 3. The first-order valence-corrected chi connectivity index (χ1v) is 10.8. The van der Waals surface area contributed by atoms with Crippen LogP contribution in [0.3, 0.4) is 0 Å². The van der Waals surface area contributed by atoms with E-state index in [4.69, 9.17) is 0 Å². The summed E-state index contributed by atoms with van der Waals surface area (Å²) < 4.78 is 28.6. The minimum atomic E-state index is -1.46. The standard InChI is InChI=1S/C22H23F2N5O2.C2H2/c23-16-5-3-15(4-6-16)18-2-1-11-28(18)21(30)22(31)8-12-27(13-9-22)19-7-10-25-20-17(24)14-26-29(19)20;1-2/h3-7,10,14,18,31H,1-2,8-9,11-13H2;1-2H/t18-;/m0./s1. The Bertz CT molecular complexity index is 1150. The number of terminal acetylenes is 1. The number of piperidine rings is 1. The molecule has 1 N–H and O–H groups in total. The van der Waals surface area contributed by atoms with E-state index in [0.29, 0.717) is 25.5 Å². The lowest BCUT2D eigenvalue weighted by atomic mass is 9.89. The number of fused-ring (bicyclic) bond motifs is 1. The zero-order chi connectivity index (χ0) is 23.6. The van der Waals surface area contributed by atoms with Crippen LogP contribution < -0.4 is 4.90 Å². The Labute approximate surface area is 190 Å². The van der Waals surface area contributed by atoms with Crippen LogP contribution in [0, 0.1) is 24.5 Å². The molecule has 5 rings (SSSR count). The molecule has 3 aromatic rings. The maximum atomic E-state index is 13.8. The van der Waals surface area contributed by atoms with Gasteiger partial charge in [0, 0.05) is 38.7 Å². The van der Waals surface area contributed by atoms with Gasteiger partial charge in [-0.1, -0.05) is 12.1 Å². The highest BCUT2D eigenvalue weighted by Crippen LogP contribution is 2.36. The number of amides is 1. The van der Waals surface area contributed by atoms with E-state index in [9.17, 15) is 18.7 Å². The summed E-state index contributed by atoms with van der Waals surface area (Å²) in [4.78, 5) is 21.1. The smallest absolute Gasteiger partial charge is 0.255 e. The third-order valence-electron chi connectivity index (χ3n) is 6.42. The molecule has 7 nitrogen and oxygen atoms in total. The van der Waals surface area contributed by atoms with Crippen molar-refractivity contribution in [1.82, 2.24) is 19.5 Å². The molecule has 1 amide bonds. The fourth-order valence-corrected chi connectivity index (χ4v) is 4.72. The molecule has 0 aliphatic carbocycles. The van der Waals surface area contributed by atoms with E-state index in [0.717, 1.165) is 24.6 Å². The summed E-state index contributed by atoms with van der Waals surface area (Å²) in [5.41, 5.74) is -0.428. The van der Waals surface area contributed by atoms with Gasteiger partial charge in [-0.3, -0.25) is 4.79 Å². The second kappa shape index (κ2) is 9.16. The predicted octanol–water partition coefficient (Wildman–Crippen LogP) is 2.95. The number of aliphatic hydroxyl groups is 1. The van der Waals surface area contributed by atoms with E-state index in [1.54, 1.807) is 23.1 Å². The lowest BCUT2D eigenvalue weighted by molar-refractivity contribution is -0.154. The van der Waals surface area contributed by atoms with E-state index in [-0.39, 0.29) is 36.3 Å². The van der Waals surface area contributed by atoms with Crippen LogP contribution in [0.1, 0.15) is 37.3 Å². The Morgan fingerprint density at radius 1 is 1.09 bits per heavy atom. The summed E-state index contributed by atoms with van der Waals surface area (Å²) in [7, 11) is 0. The van der Waals surface area contributed by atoms with Crippen molar-refractivity contribution in [3.63, 3.8) is 0 Å². The maximum absolute atomic E-state index is 13.8. The molecule has 4 heterocycles. The molecule has 0 unspecified atom stereocenters. The molecular formula is C24H25F2N5O2. The van der Waals surface area contributed by atoms with Crippen molar-refractivity contribution in [2.24, 2.45) is 0 Å². The molecule has 33 heavy (non-hydrogen) atoms. The van der Waals surface area contributed by atoms with Crippen LogP contribution in [-0.4, -0.2) is 55.7 Å². The molecule has 0 saturated carbocycles. The third-order valence-corrected chi connectivity index (χ3v) is 6.42. The van der Waals surface area contributed by atoms with Gasteiger partial charge >= 0.3 is 0 Å². The van der Waals surface area contributed by atoms with Gasteiger partial charge in [0.25, 0.3) is 5.91 Å². The van der Waals surface area contributed by atoms with Gasteiger partial charge in [-0.15, -0.1) is 12.8 Å². The van der Waals surface area contributed by atoms with E-state index in [1.807, 2.05) is 4.90 Å². The summed E-state index contributed by atoms with van der Waals surface area (Å²) in [5.74, 6) is -0.405. The first-order chi connectivity index (χ1) is 16.0. The van der Waals surface area contributed by atoms with Crippen molar-refractivity contribution in [1.29, 1.82) is 0 Å². The number of nitrogens with zero attached hydrogens (tertiary/aromatic N) is 5. The first-order valence-electron chi connectivity index (χ1n) is 10.8. The monoisotopic (exact) mass is 453 g/mol. The van der Waals surface area contributed by atoms with Crippen LogP contribution in [0.4, 0.5) is 14.6 Å². The van der Waals surface area contributed by atoms with Crippen molar-refractivity contribution >= 4 is 17.4 Å². The van der Waals surface area contributed by atoms with Gasteiger partial charge in [0.1, 0.15) is 17.2 Å². The average Bonchev–Trinajstić information content (AvgIpc) is 3.48. The SMILES string of the molecule is C#C.O=C(N1CCC[C@H]1c1ccc(F)cc1)C1(O)CCN(c2ccnc3c(F)cnn23)CC1. The summed E-state index contributed by atoms with van der Waals surface area (Å²) >= 11 is 0. The van der Waals surface area contributed by atoms with Crippen molar-refractivity contribution in [2.45, 2.75) is 37.3 Å². The Morgan fingerprint density at radius 3 is 2.48 bits per heavy atom. The highest BCUT2D eigenvalue weighted by molar-refractivity contribution is 5.86. The van der Waals surface area contributed by atoms with Gasteiger partial charge in [-0.2, -0.15) is 9.61 Å². The Morgan fingerprint density at radius 2 is 1.79 bits per heavy atom. The molecule has 0 spiro atoms. The average molecular weight is 453 g/mol. The molecule has 9 heteroatoms. The zero-order valence-electron chi connectivity index (χ0n) is 18.1. The van der Waals surface area contributed by atoms with E-state index in [1.165, 1.54) is 22.8 Å². The Kier molecular flexibility index (Phi) is 6.29. The highest BCUT2D eigenvalue weighted by Gasteiger charge is 2.45. The number of benzene rings is 1. The van der Waals surface area contributed by atoms with Crippen molar-refractivity contribution < 1.29 is 18.7 Å². The summed E-state index contributed by atoms with van der Waals surface area (Å²) in [6, 6.07) is 7.80. The Hall–Kier alpha value is -3.51. The minimum Gasteiger partial charge on any atom is -0.380 e. The molecule has 0 radical (unpaired) electrons. The summed E-state index contributed by atoms with van der Waals surface area (Å²) in [5, 5.41) is 15.3. The normalized spacial score (nSPS) is 19.8. The fourth-order valence-electron chi connectivity index (χ4n) is 4.72.